The van der Waals surface area contributed by atoms with E-state index in [9.17, 15) is 0 Å². The van der Waals surface area contributed by atoms with E-state index in [4.69, 9.17) is 42.1 Å². The highest BCUT2D eigenvalue weighted by atomic mass is 35.5. The Morgan fingerprint density at radius 3 is 2.57 bits per heavy atom. The molecule has 0 saturated carbocycles. The normalized spacial score (nSPS) is 19.6. The van der Waals surface area contributed by atoms with Gasteiger partial charge in [0.25, 0.3) is 0 Å². The summed E-state index contributed by atoms with van der Waals surface area (Å²) in [5.74, 6) is 1.43. The molecular formula is C38H35Cl2N3O4. The number of aromatic nitrogens is 2. The van der Waals surface area contributed by atoms with Gasteiger partial charge in [0, 0.05) is 47.6 Å². The Balaban J connectivity index is 0.933. The van der Waals surface area contributed by atoms with Crippen molar-refractivity contribution in [2.75, 3.05) is 26.3 Å². The second-order valence-electron chi connectivity index (χ2n) is 11.8. The molecule has 0 aliphatic carbocycles. The van der Waals surface area contributed by atoms with Gasteiger partial charge in [-0.3, -0.25) is 4.90 Å². The molecule has 7 nitrogen and oxygen atoms in total. The van der Waals surface area contributed by atoms with Crippen molar-refractivity contribution >= 4 is 29.3 Å². The summed E-state index contributed by atoms with van der Waals surface area (Å²) in [5, 5.41) is 1.04. The average Bonchev–Trinajstić information content (AvgIpc) is 3.75. The molecule has 2 atom stereocenters. The summed E-state index contributed by atoms with van der Waals surface area (Å²) >= 11 is 12.7. The van der Waals surface area contributed by atoms with Crippen LogP contribution in [0.5, 0.6) is 17.2 Å². The molecule has 0 N–H and O–H groups in total. The summed E-state index contributed by atoms with van der Waals surface area (Å²) in [4.78, 5) is 6.62. The fourth-order valence-corrected chi connectivity index (χ4v) is 6.56. The van der Waals surface area contributed by atoms with E-state index in [0.717, 1.165) is 54.4 Å². The minimum atomic E-state index is -1.06. The molecule has 9 heteroatoms. The molecule has 240 valence electrons. The van der Waals surface area contributed by atoms with Gasteiger partial charge in [-0.15, -0.1) is 0 Å². The molecule has 0 spiro atoms. The predicted octanol–water partition coefficient (Wildman–Crippen LogP) is 8.40. The lowest BCUT2D eigenvalue weighted by Crippen LogP contribution is -2.34. The van der Waals surface area contributed by atoms with Crippen LogP contribution in [0.1, 0.15) is 22.3 Å². The molecule has 4 aromatic carbocycles. The Hall–Kier alpha value is -4.11. The Labute approximate surface area is 284 Å². The third-order valence-electron chi connectivity index (χ3n) is 8.33. The van der Waals surface area contributed by atoms with Crippen LogP contribution >= 0.6 is 23.2 Å². The van der Waals surface area contributed by atoms with Gasteiger partial charge in [0.05, 0.1) is 19.5 Å². The SMILES string of the molecule is Clc1cc(Cl)cc([C@@]2(Cn3ccnc3)OC[C@H](COc3ccc4c(c3)CCN(C/C=C/c3cccc(Oc5ccccc5)c3)C4)O2)c1. The molecule has 3 heterocycles. The van der Waals surface area contributed by atoms with Gasteiger partial charge in [-0.05, 0) is 77.7 Å². The van der Waals surface area contributed by atoms with Crippen molar-refractivity contribution in [2.24, 2.45) is 0 Å². The zero-order valence-electron chi connectivity index (χ0n) is 25.8. The number of benzene rings is 4. The zero-order valence-corrected chi connectivity index (χ0v) is 27.3. The van der Waals surface area contributed by atoms with Gasteiger partial charge in [-0.1, -0.05) is 71.8 Å². The maximum absolute atomic E-state index is 6.54. The van der Waals surface area contributed by atoms with E-state index in [2.05, 4.69) is 46.3 Å². The second-order valence-corrected chi connectivity index (χ2v) is 12.7. The summed E-state index contributed by atoms with van der Waals surface area (Å²) in [6, 6.07) is 29.7. The van der Waals surface area contributed by atoms with Crippen LogP contribution in [0.3, 0.4) is 0 Å². The number of fused-ring (bicyclic) bond motifs is 1. The van der Waals surface area contributed by atoms with E-state index in [1.54, 1.807) is 18.6 Å². The monoisotopic (exact) mass is 667 g/mol. The van der Waals surface area contributed by atoms with Crippen molar-refractivity contribution in [1.82, 2.24) is 14.5 Å². The van der Waals surface area contributed by atoms with Crippen LogP contribution in [0.15, 0.2) is 116 Å². The Bertz CT molecular complexity index is 1810. The van der Waals surface area contributed by atoms with Crippen LogP contribution in [-0.2, 0) is 34.8 Å². The lowest BCUT2D eigenvalue weighted by Gasteiger charge is -2.29. The van der Waals surface area contributed by atoms with Gasteiger partial charge in [-0.2, -0.15) is 0 Å². The number of rotatable bonds is 11. The highest BCUT2D eigenvalue weighted by Crippen LogP contribution is 2.39. The van der Waals surface area contributed by atoms with Crippen molar-refractivity contribution < 1.29 is 18.9 Å². The van der Waals surface area contributed by atoms with Gasteiger partial charge in [-0.25, -0.2) is 4.98 Å². The molecule has 2 aliphatic rings. The smallest absolute Gasteiger partial charge is 0.214 e. The number of hydrogen-bond acceptors (Lipinski definition) is 6. The van der Waals surface area contributed by atoms with Gasteiger partial charge in [0.1, 0.15) is 30.0 Å². The fraction of sp³-hybridized carbons (Fsp3) is 0.237. The van der Waals surface area contributed by atoms with Crippen molar-refractivity contribution in [3.8, 4) is 17.2 Å². The van der Waals surface area contributed by atoms with Crippen molar-refractivity contribution in [3.63, 3.8) is 0 Å². The van der Waals surface area contributed by atoms with Crippen molar-refractivity contribution in [3.05, 3.63) is 148 Å². The van der Waals surface area contributed by atoms with Gasteiger partial charge >= 0.3 is 0 Å². The minimum absolute atomic E-state index is 0.278. The molecule has 0 bridgehead atoms. The lowest BCUT2D eigenvalue weighted by molar-refractivity contribution is -0.189. The van der Waals surface area contributed by atoms with E-state index < -0.39 is 5.79 Å². The molecule has 1 fully saturated rings. The Morgan fingerprint density at radius 1 is 0.894 bits per heavy atom. The topological polar surface area (TPSA) is 58.0 Å². The molecular weight excluding hydrogens is 633 g/mol. The number of nitrogens with zero attached hydrogens (tertiary/aromatic N) is 3. The summed E-state index contributed by atoms with van der Waals surface area (Å²) < 4.78 is 27.0. The molecule has 5 aromatic rings. The largest absolute Gasteiger partial charge is 0.491 e. The molecule has 0 radical (unpaired) electrons. The van der Waals surface area contributed by atoms with E-state index in [1.165, 1.54) is 11.1 Å². The number of ether oxygens (including phenoxy) is 4. The first-order valence-electron chi connectivity index (χ1n) is 15.7. The van der Waals surface area contributed by atoms with Crippen LogP contribution in [0.25, 0.3) is 6.08 Å². The maximum atomic E-state index is 6.54. The van der Waals surface area contributed by atoms with E-state index in [0.29, 0.717) is 29.8 Å². The molecule has 2 aliphatic heterocycles. The Morgan fingerprint density at radius 2 is 1.74 bits per heavy atom. The lowest BCUT2D eigenvalue weighted by atomic mass is 9.99. The van der Waals surface area contributed by atoms with Crippen LogP contribution in [0, 0.1) is 0 Å². The summed E-state index contributed by atoms with van der Waals surface area (Å²) in [6.45, 7) is 3.88. The highest BCUT2D eigenvalue weighted by Gasteiger charge is 2.44. The van der Waals surface area contributed by atoms with E-state index in [1.807, 2.05) is 71.4 Å². The standard InChI is InChI=1S/C38H35Cl2N3O4/c39-32-20-31(21-33(40)22-32)38(26-43-17-14-41-27-43)45-25-37(47-38)24-44-35-12-11-30-23-42(16-13-29(30)19-35)15-5-7-28-6-4-10-36(18-28)46-34-8-2-1-3-9-34/h1-12,14,17-22,27,37H,13,15-16,23-26H2/b7-5+/t37-,38-/m0/s1. The minimum Gasteiger partial charge on any atom is -0.491 e. The number of halogens is 2. The van der Waals surface area contributed by atoms with Crippen LogP contribution in [0.4, 0.5) is 0 Å². The summed E-state index contributed by atoms with van der Waals surface area (Å²) in [7, 11) is 0. The third-order valence-corrected chi connectivity index (χ3v) is 8.76. The first-order valence-corrected chi connectivity index (χ1v) is 16.5. The molecule has 47 heavy (non-hydrogen) atoms. The highest BCUT2D eigenvalue weighted by molar-refractivity contribution is 6.34. The first kappa shape index (κ1) is 31.5. The maximum Gasteiger partial charge on any atom is 0.214 e. The van der Waals surface area contributed by atoms with Crippen molar-refractivity contribution in [2.45, 2.75) is 31.4 Å². The second kappa shape index (κ2) is 14.3. The van der Waals surface area contributed by atoms with Gasteiger partial charge in [0.15, 0.2) is 0 Å². The van der Waals surface area contributed by atoms with Crippen LogP contribution in [-0.4, -0.2) is 46.9 Å². The number of hydrogen-bond donors (Lipinski definition) is 0. The first-order chi connectivity index (χ1) is 23.0. The molecule has 0 amide bonds. The quantitative estimate of drug-likeness (QED) is 0.141. The van der Waals surface area contributed by atoms with E-state index >= 15 is 0 Å². The predicted molar refractivity (Wildman–Crippen MR) is 184 cm³/mol. The molecule has 7 rings (SSSR count). The third kappa shape index (κ3) is 7.89. The zero-order chi connectivity index (χ0) is 32.1. The molecule has 1 aromatic heterocycles. The van der Waals surface area contributed by atoms with Crippen LogP contribution < -0.4 is 9.47 Å². The molecule has 0 unspecified atom stereocenters. The molecule has 1 saturated heterocycles. The Kier molecular flexibility index (Phi) is 9.61. The van der Waals surface area contributed by atoms with Gasteiger partial charge in [0.2, 0.25) is 5.79 Å². The number of para-hydroxylation sites is 1. The summed E-state index contributed by atoms with van der Waals surface area (Å²) in [5.41, 5.74) is 4.52. The summed E-state index contributed by atoms with van der Waals surface area (Å²) in [6.07, 6.45) is 10.4. The van der Waals surface area contributed by atoms with E-state index in [-0.39, 0.29) is 6.10 Å². The van der Waals surface area contributed by atoms with Gasteiger partial charge < -0.3 is 23.5 Å². The van der Waals surface area contributed by atoms with Crippen LogP contribution in [0.2, 0.25) is 10.0 Å². The number of imidazole rings is 1. The van der Waals surface area contributed by atoms with Crippen molar-refractivity contribution in [1.29, 1.82) is 0 Å². The average molecular weight is 669 g/mol. The fourth-order valence-electron chi connectivity index (χ4n) is 6.03.